The predicted molar refractivity (Wildman–Crippen MR) is 80.8 cm³/mol. The molecule has 0 radical (unpaired) electrons. The minimum Gasteiger partial charge on any atom is -0.319 e. The first-order valence-corrected chi connectivity index (χ1v) is 8.51. The fraction of sp³-hybridized carbons (Fsp3) is 0.417. The minimum absolute atomic E-state index is 0.323. The standard InChI is InChI=1S/C12H18N4O2S2/c1-8-12(9(2)15-14-8)16-20(17,18)11-5-4-10(19-11)6-7-13-3/h4-5,13,16H,6-7H2,1-3H3,(H,14,15). The van der Waals surface area contributed by atoms with Gasteiger partial charge < -0.3 is 5.32 Å². The van der Waals surface area contributed by atoms with Crippen molar-refractivity contribution in [2.45, 2.75) is 24.5 Å². The Hall–Kier alpha value is -1.38. The second-order valence-electron chi connectivity index (χ2n) is 4.49. The number of hydrogen-bond acceptors (Lipinski definition) is 5. The van der Waals surface area contributed by atoms with E-state index < -0.39 is 10.0 Å². The van der Waals surface area contributed by atoms with Crippen LogP contribution in [0.4, 0.5) is 5.69 Å². The van der Waals surface area contributed by atoms with Gasteiger partial charge >= 0.3 is 0 Å². The first kappa shape index (κ1) is 15.0. The van der Waals surface area contributed by atoms with Crippen LogP contribution in [-0.4, -0.2) is 32.2 Å². The molecule has 0 amide bonds. The van der Waals surface area contributed by atoms with Crippen molar-refractivity contribution < 1.29 is 8.42 Å². The summed E-state index contributed by atoms with van der Waals surface area (Å²) < 4.78 is 27.6. The Morgan fingerprint density at radius 3 is 2.70 bits per heavy atom. The lowest BCUT2D eigenvalue weighted by Gasteiger charge is -2.05. The number of anilines is 1. The normalized spacial score (nSPS) is 11.8. The highest BCUT2D eigenvalue weighted by Crippen LogP contribution is 2.26. The van der Waals surface area contributed by atoms with Gasteiger partial charge in [0.1, 0.15) is 4.21 Å². The van der Waals surface area contributed by atoms with Gasteiger partial charge in [-0.1, -0.05) is 0 Å². The SMILES string of the molecule is CNCCc1ccc(S(=O)(=O)Nc2c(C)n[nH]c2C)s1. The van der Waals surface area contributed by atoms with Crippen LogP contribution in [0.5, 0.6) is 0 Å². The quantitative estimate of drug-likeness (QED) is 0.756. The molecule has 2 rings (SSSR count). The molecule has 0 aliphatic rings. The van der Waals surface area contributed by atoms with Crippen molar-refractivity contribution in [1.29, 1.82) is 0 Å². The molecule has 0 saturated heterocycles. The third kappa shape index (κ3) is 3.20. The first-order chi connectivity index (χ1) is 9.44. The van der Waals surface area contributed by atoms with Crippen LogP contribution in [-0.2, 0) is 16.4 Å². The van der Waals surface area contributed by atoms with E-state index in [9.17, 15) is 8.42 Å². The van der Waals surface area contributed by atoms with E-state index >= 15 is 0 Å². The smallest absolute Gasteiger partial charge is 0.271 e. The van der Waals surface area contributed by atoms with Gasteiger partial charge in [-0.15, -0.1) is 11.3 Å². The van der Waals surface area contributed by atoms with Crippen LogP contribution in [0.1, 0.15) is 16.3 Å². The van der Waals surface area contributed by atoms with Crippen molar-refractivity contribution in [3.63, 3.8) is 0 Å². The Labute approximate surface area is 122 Å². The number of sulfonamides is 1. The molecule has 0 unspecified atom stereocenters. The van der Waals surface area contributed by atoms with E-state index in [1.165, 1.54) is 11.3 Å². The van der Waals surface area contributed by atoms with Gasteiger partial charge in [-0.3, -0.25) is 9.82 Å². The van der Waals surface area contributed by atoms with Crippen LogP contribution >= 0.6 is 11.3 Å². The molecule has 0 aliphatic heterocycles. The third-order valence-electron chi connectivity index (χ3n) is 2.89. The molecule has 0 aromatic carbocycles. The second-order valence-corrected chi connectivity index (χ2v) is 7.57. The minimum atomic E-state index is -3.54. The summed E-state index contributed by atoms with van der Waals surface area (Å²) in [5, 5.41) is 9.79. The lowest BCUT2D eigenvalue weighted by atomic mass is 10.3. The highest BCUT2D eigenvalue weighted by atomic mass is 32.2. The molecule has 0 bridgehead atoms. The predicted octanol–water partition coefficient (Wildman–Crippen LogP) is 1.65. The van der Waals surface area contributed by atoms with E-state index in [0.717, 1.165) is 17.8 Å². The number of aromatic nitrogens is 2. The highest BCUT2D eigenvalue weighted by molar-refractivity contribution is 7.94. The largest absolute Gasteiger partial charge is 0.319 e. The van der Waals surface area contributed by atoms with Gasteiger partial charge in [0.15, 0.2) is 0 Å². The third-order valence-corrected chi connectivity index (χ3v) is 5.87. The summed E-state index contributed by atoms with van der Waals surface area (Å²) in [5.41, 5.74) is 1.87. The van der Waals surface area contributed by atoms with Gasteiger partial charge in [-0.05, 0) is 46.0 Å². The van der Waals surface area contributed by atoms with Crippen molar-refractivity contribution in [2.75, 3.05) is 18.3 Å². The molecule has 0 aliphatic carbocycles. The molecule has 2 aromatic rings. The summed E-state index contributed by atoms with van der Waals surface area (Å²) in [6.45, 7) is 4.37. The Balaban J connectivity index is 2.20. The molecule has 0 saturated carbocycles. The van der Waals surface area contributed by atoms with Crippen molar-refractivity contribution in [3.05, 3.63) is 28.4 Å². The van der Waals surface area contributed by atoms with Crippen LogP contribution in [0.3, 0.4) is 0 Å². The summed E-state index contributed by atoms with van der Waals surface area (Å²) in [6.07, 6.45) is 0.820. The van der Waals surface area contributed by atoms with Gasteiger partial charge in [-0.2, -0.15) is 5.10 Å². The highest BCUT2D eigenvalue weighted by Gasteiger charge is 2.20. The Morgan fingerprint density at radius 2 is 2.10 bits per heavy atom. The molecular formula is C12H18N4O2S2. The molecule has 110 valence electrons. The molecule has 0 spiro atoms. The summed E-state index contributed by atoms with van der Waals surface area (Å²) in [7, 11) is -1.67. The Bertz CT molecular complexity index is 669. The van der Waals surface area contributed by atoms with Crippen LogP contribution in [0, 0.1) is 13.8 Å². The maximum atomic E-state index is 12.3. The molecule has 8 heteroatoms. The number of nitrogens with zero attached hydrogens (tertiary/aromatic N) is 1. The van der Waals surface area contributed by atoms with E-state index in [0.29, 0.717) is 21.3 Å². The topological polar surface area (TPSA) is 86.9 Å². The van der Waals surface area contributed by atoms with Crippen molar-refractivity contribution in [2.24, 2.45) is 0 Å². The average molecular weight is 314 g/mol. The number of nitrogens with one attached hydrogen (secondary N) is 3. The zero-order valence-corrected chi connectivity index (χ0v) is 13.3. The average Bonchev–Trinajstić information content (AvgIpc) is 2.99. The summed E-state index contributed by atoms with van der Waals surface area (Å²) in [5.74, 6) is 0. The van der Waals surface area contributed by atoms with Crippen molar-refractivity contribution in [3.8, 4) is 0 Å². The van der Waals surface area contributed by atoms with E-state index in [1.54, 1.807) is 19.9 Å². The van der Waals surface area contributed by atoms with Crippen LogP contribution in [0.25, 0.3) is 0 Å². The first-order valence-electron chi connectivity index (χ1n) is 6.21. The molecular weight excluding hydrogens is 296 g/mol. The zero-order valence-electron chi connectivity index (χ0n) is 11.6. The summed E-state index contributed by atoms with van der Waals surface area (Å²) >= 11 is 1.29. The molecule has 3 N–H and O–H groups in total. The number of thiophene rings is 1. The number of aryl methyl sites for hydroxylation is 2. The number of rotatable bonds is 6. The summed E-state index contributed by atoms with van der Waals surface area (Å²) in [6, 6.07) is 3.49. The van der Waals surface area contributed by atoms with E-state index in [-0.39, 0.29) is 0 Å². The van der Waals surface area contributed by atoms with Gasteiger partial charge in [0.05, 0.1) is 17.1 Å². The summed E-state index contributed by atoms with van der Waals surface area (Å²) in [4.78, 5) is 1.04. The molecule has 2 aromatic heterocycles. The maximum Gasteiger partial charge on any atom is 0.271 e. The number of aromatic amines is 1. The van der Waals surface area contributed by atoms with E-state index in [1.807, 2.05) is 13.1 Å². The lowest BCUT2D eigenvalue weighted by Crippen LogP contribution is -2.12. The lowest BCUT2D eigenvalue weighted by molar-refractivity contribution is 0.603. The van der Waals surface area contributed by atoms with Gasteiger partial charge in [0, 0.05) is 4.88 Å². The molecule has 6 nitrogen and oxygen atoms in total. The number of H-pyrrole nitrogens is 1. The molecule has 20 heavy (non-hydrogen) atoms. The fourth-order valence-corrected chi connectivity index (χ4v) is 4.31. The Kier molecular flexibility index (Phi) is 4.46. The van der Waals surface area contributed by atoms with Crippen LogP contribution < -0.4 is 10.0 Å². The molecule has 0 atom stereocenters. The van der Waals surface area contributed by atoms with E-state index in [2.05, 4.69) is 20.2 Å². The molecule has 2 heterocycles. The van der Waals surface area contributed by atoms with Crippen LogP contribution in [0.2, 0.25) is 0 Å². The number of likely N-dealkylation sites (N-methyl/N-ethyl adjacent to an activating group) is 1. The molecule has 0 fully saturated rings. The maximum absolute atomic E-state index is 12.3. The van der Waals surface area contributed by atoms with Crippen molar-refractivity contribution >= 4 is 27.0 Å². The van der Waals surface area contributed by atoms with Crippen molar-refractivity contribution in [1.82, 2.24) is 15.5 Å². The zero-order chi connectivity index (χ0) is 14.8. The fourth-order valence-electron chi connectivity index (χ4n) is 1.77. The van der Waals surface area contributed by atoms with Crippen LogP contribution in [0.15, 0.2) is 16.3 Å². The van der Waals surface area contributed by atoms with Gasteiger partial charge in [0.2, 0.25) is 0 Å². The second kappa shape index (κ2) is 5.94. The Morgan fingerprint density at radius 1 is 1.35 bits per heavy atom. The van der Waals surface area contributed by atoms with E-state index in [4.69, 9.17) is 0 Å². The van der Waals surface area contributed by atoms with Gasteiger partial charge in [0.25, 0.3) is 10.0 Å². The monoisotopic (exact) mass is 314 g/mol. The number of hydrogen-bond donors (Lipinski definition) is 3. The van der Waals surface area contributed by atoms with Gasteiger partial charge in [-0.25, -0.2) is 8.42 Å².